The molecular formula is C8H11NO3. The summed E-state index contributed by atoms with van der Waals surface area (Å²) in [6.07, 6.45) is 1.09. The molecule has 66 valence electrons. The standard InChI is InChI=1S/C8H11NO3/c1-5(2)12-8(10)7-6(3)9-4-11-7/h4-5H,1-3H3. The van der Waals surface area contributed by atoms with E-state index in [-0.39, 0.29) is 11.9 Å². The number of carbonyl (C=O) groups excluding carboxylic acids is 1. The van der Waals surface area contributed by atoms with E-state index in [9.17, 15) is 4.79 Å². The van der Waals surface area contributed by atoms with Gasteiger partial charge in [0.05, 0.1) is 11.8 Å². The lowest BCUT2D eigenvalue weighted by Crippen LogP contribution is -2.11. The van der Waals surface area contributed by atoms with Crippen molar-refractivity contribution in [3.63, 3.8) is 0 Å². The first kappa shape index (κ1) is 8.77. The Labute approximate surface area is 70.5 Å². The zero-order valence-electron chi connectivity index (χ0n) is 7.33. The van der Waals surface area contributed by atoms with Gasteiger partial charge < -0.3 is 9.15 Å². The zero-order chi connectivity index (χ0) is 9.14. The van der Waals surface area contributed by atoms with Crippen molar-refractivity contribution in [2.24, 2.45) is 0 Å². The molecule has 4 heteroatoms. The van der Waals surface area contributed by atoms with Gasteiger partial charge in [-0.25, -0.2) is 9.78 Å². The fourth-order valence-electron chi connectivity index (χ4n) is 0.765. The van der Waals surface area contributed by atoms with E-state index in [1.165, 1.54) is 6.39 Å². The molecule has 0 aliphatic carbocycles. The van der Waals surface area contributed by atoms with Crippen LogP contribution in [0.1, 0.15) is 30.1 Å². The van der Waals surface area contributed by atoms with Crippen molar-refractivity contribution in [2.75, 3.05) is 0 Å². The summed E-state index contributed by atoms with van der Waals surface area (Å²) in [6.45, 7) is 5.26. The summed E-state index contributed by atoms with van der Waals surface area (Å²) >= 11 is 0. The molecule has 0 unspecified atom stereocenters. The molecule has 1 aromatic rings. The lowest BCUT2D eigenvalue weighted by molar-refractivity contribution is 0.0340. The van der Waals surface area contributed by atoms with E-state index < -0.39 is 5.97 Å². The van der Waals surface area contributed by atoms with Crippen molar-refractivity contribution in [2.45, 2.75) is 26.9 Å². The van der Waals surface area contributed by atoms with Crippen LogP contribution < -0.4 is 0 Å². The highest BCUT2D eigenvalue weighted by molar-refractivity contribution is 5.87. The number of nitrogens with zero attached hydrogens (tertiary/aromatic N) is 1. The van der Waals surface area contributed by atoms with Gasteiger partial charge >= 0.3 is 5.97 Å². The molecule has 1 rings (SSSR count). The van der Waals surface area contributed by atoms with Crippen LogP contribution in [0.25, 0.3) is 0 Å². The first-order valence-corrected chi connectivity index (χ1v) is 3.72. The zero-order valence-corrected chi connectivity index (χ0v) is 7.33. The number of hydrogen-bond donors (Lipinski definition) is 0. The van der Waals surface area contributed by atoms with E-state index in [1.54, 1.807) is 20.8 Å². The van der Waals surface area contributed by atoms with Crippen LogP contribution in [-0.4, -0.2) is 17.1 Å². The van der Waals surface area contributed by atoms with Crippen LogP contribution in [0.4, 0.5) is 0 Å². The second-order valence-electron chi connectivity index (χ2n) is 2.72. The van der Waals surface area contributed by atoms with E-state index in [0.29, 0.717) is 5.69 Å². The minimum absolute atomic E-state index is 0.137. The number of esters is 1. The summed E-state index contributed by atoms with van der Waals surface area (Å²) in [4.78, 5) is 15.0. The highest BCUT2D eigenvalue weighted by atomic mass is 16.6. The molecule has 0 aliphatic rings. The van der Waals surface area contributed by atoms with Crippen molar-refractivity contribution < 1.29 is 13.9 Å². The molecule has 0 bridgehead atoms. The Balaban J connectivity index is 2.72. The van der Waals surface area contributed by atoms with E-state index in [2.05, 4.69) is 4.98 Å². The molecule has 0 saturated carbocycles. The number of carbonyl (C=O) groups is 1. The Morgan fingerprint density at radius 2 is 2.33 bits per heavy atom. The third-order valence-electron chi connectivity index (χ3n) is 1.27. The Kier molecular flexibility index (Phi) is 2.47. The first-order chi connectivity index (χ1) is 5.61. The second-order valence-corrected chi connectivity index (χ2v) is 2.72. The molecule has 0 N–H and O–H groups in total. The third-order valence-corrected chi connectivity index (χ3v) is 1.27. The maximum atomic E-state index is 11.2. The molecule has 0 saturated heterocycles. The highest BCUT2D eigenvalue weighted by Crippen LogP contribution is 2.07. The smallest absolute Gasteiger partial charge is 0.376 e. The monoisotopic (exact) mass is 169 g/mol. The Bertz CT molecular complexity index is 278. The van der Waals surface area contributed by atoms with Crippen LogP contribution in [0, 0.1) is 6.92 Å². The predicted octanol–water partition coefficient (Wildman–Crippen LogP) is 1.55. The van der Waals surface area contributed by atoms with Crippen LogP contribution in [0.15, 0.2) is 10.8 Å². The van der Waals surface area contributed by atoms with Gasteiger partial charge in [0.15, 0.2) is 6.39 Å². The summed E-state index contributed by atoms with van der Waals surface area (Å²) in [5.41, 5.74) is 0.556. The number of ether oxygens (including phenoxy) is 1. The van der Waals surface area contributed by atoms with Gasteiger partial charge in [-0.1, -0.05) is 0 Å². The fraction of sp³-hybridized carbons (Fsp3) is 0.500. The van der Waals surface area contributed by atoms with E-state index in [1.807, 2.05) is 0 Å². The average molecular weight is 169 g/mol. The maximum absolute atomic E-state index is 11.2. The van der Waals surface area contributed by atoms with Crippen molar-refractivity contribution in [3.05, 3.63) is 17.8 Å². The third kappa shape index (κ3) is 1.84. The Morgan fingerprint density at radius 1 is 1.67 bits per heavy atom. The highest BCUT2D eigenvalue weighted by Gasteiger charge is 2.16. The number of aryl methyl sites for hydroxylation is 1. The van der Waals surface area contributed by atoms with E-state index in [0.717, 1.165) is 0 Å². The SMILES string of the molecule is Cc1ncoc1C(=O)OC(C)C. The van der Waals surface area contributed by atoms with E-state index >= 15 is 0 Å². The molecule has 4 nitrogen and oxygen atoms in total. The maximum Gasteiger partial charge on any atom is 0.376 e. The summed E-state index contributed by atoms with van der Waals surface area (Å²) in [5.74, 6) is -0.274. The van der Waals surface area contributed by atoms with Gasteiger partial charge in [-0.05, 0) is 20.8 Å². The average Bonchev–Trinajstić information content (AvgIpc) is 2.33. The summed E-state index contributed by atoms with van der Waals surface area (Å²) in [7, 11) is 0. The van der Waals surface area contributed by atoms with Crippen molar-refractivity contribution in [1.29, 1.82) is 0 Å². The number of rotatable bonds is 2. The molecule has 12 heavy (non-hydrogen) atoms. The van der Waals surface area contributed by atoms with Crippen LogP contribution in [0.5, 0.6) is 0 Å². The van der Waals surface area contributed by atoms with Gasteiger partial charge in [0, 0.05) is 0 Å². The lowest BCUT2D eigenvalue weighted by Gasteiger charge is -2.04. The van der Waals surface area contributed by atoms with Gasteiger partial charge in [-0.15, -0.1) is 0 Å². The summed E-state index contributed by atoms with van der Waals surface area (Å²) < 4.78 is 9.74. The van der Waals surface area contributed by atoms with Crippen LogP contribution in [0.2, 0.25) is 0 Å². The normalized spacial score (nSPS) is 10.3. The molecule has 1 aromatic heterocycles. The van der Waals surface area contributed by atoms with Gasteiger partial charge in [-0.3, -0.25) is 0 Å². The Morgan fingerprint density at radius 3 is 2.75 bits per heavy atom. The predicted molar refractivity (Wildman–Crippen MR) is 41.8 cm³/mol. The molecule has 0 spiro atoms. The number of oxazole rings is 1. The first-order valence-electron chi connectivity index (χ1n) is 3.72. The molecule has 0 radical (unpaired) electrons. The molecule has 0 aliphatic heterocycles. The van der Waals surface area contributed by atoms with Gasteiger partial charge in [0.1, 0.15) is 0 Å². The van der Waals surface area contributed by atoms with Crippen molar-refractivity contribution in [3.8, 4) is 0 Å². The summed E-state index contributed by atoms with van der Waals surface area (Å²) in [5, 5.41) is 0. The molecular weight excluding hydrogens is 158 g/mol. The number of aromatic nitrogens is 1. The van der Waals surface area contributed by atoms with Gasteiger partial charge in [-0.2, -0.15) is 0 Å². The van der Waals surface area contributed by atoms with Crippen molar-refractivity contribution >= 4 is 5.97 Å². The van der Waals surface area contributed by atoms with Gasteiger partial charge in [0.2, 0.25) is 5.76 Å². The second kappa shape index (κ2) is 3.38. The molecule has 0 atom stereocenters. The molecule has 1 heterocycles. The molecule has 0 aromatic carbocycles. The minimum Gasteiger partial charge on any atom is -0.457 e. The van der Waals surface area contributed by atoms with Crippen LogP contribution in [-0.2, 0) is 4.74 Å². The van der Waals surface area contributed by atoms with Crippen LogP contribution in [0.3, 0.4) is 0 Å². The van der Waals surface area contributed by atoms with Gasteiger partial charge in [0.25, 0.3) is 0 Å². The van der Waals surface area contributed by atoms with E-state index in [4.69, 9.17) is 9.15 Å². The largest absolute Gasteiger partial charge is 0.457 e. The summed E-state index contributed by atoms with van der Waals surface area (Å²) in [6, 6.07) is 0. The molecule has 0 amide bonds. The molecule has 0 fully saturated rings. The number of hydrogen-bond acceptors (Lipinski definition) is 4. The van der Waals surface area contributed by atoms with Crippen LogP contribution >= 0.6 is 0 Å². The topological polar surface area (TPSA) is 52.3 Å². The quantitative estimate of drug-likeness (QED) is 0.630. The minimum atomic E-state index is -0.458. The Hall–Kier alpha value is -1.32. The van der Waals surface area contributed by atoms with Crippen molar-refractivity contribution in [1.82, 2.24) is 4.98 Å². The fourth-order valence-corrected chi connectivity index (χ4v) is 0.765. The lowest BCUT2D eigenvalue weighted by atomic mass is 10.4.